The van der Waals surface area contributed by atoms with E-state index < -0.39 is 0 Å². The van der Waals surface area contributed by atoms with E-state index in [1.54, 1.807) is 0 Å². The molecule has 0 unspecified atom stereocenters. The zero-order valence-corrected chi connectivity index (χ0v) is 9.37. The van der Waals surface area contributed by atoms with Crippen molar-refractivity contribution in [3.8, 4) is 0 Å². The monoisotopic (exact) mass is 233 g/mol. The van der Waals surface area contributed by atoms with E-state index in [2.05, 4.69) is 11.0 Å². The van der Waals surface area contributed by atoms with Gasteiger partial charge in [-0.15, -0.1) is 0 Å². The fraction of sp³-hybridized carbons (Fsp3) is 0.600. The summed E-state index contributed by atoms with van der Waals surface area (Å²) in [6, 6.07) is 0.309. The predicted molar refractivity (Wildman–Crippen MR) is 58.3 cm³/mol. The largest absolute Gasteiger partial charge is 0.349 e. The Morgan fingerprint density at radius 3 is 2.50 bits per heavy atom. The normalized spacial score (nSPS) is 17.0. The minimum atomic E-state index is -0.171. The van der Waals surface area contributed by atoms with Gasteiger partial charge >= 0.3 is 0 Å². The van der Waals surface area contributed by atoms with Gasteiger partial charge in [0.1, 0.15) is 4.49 Å². The molecule has 1 amide bonds. The molecule has 0 heterocycles. The van der Waals surface area contributed by atoms with Crippen molar-refractivity contribution in [1.29, 1.82) is 0 Å². The molecule has 0 bridgehead atoms. The second-order valence-corrected chi connectivity index (χ2v) is 4.34. The number of amides is 1. The van der Waals surface area contributed by atoms with Gasteiger partial charge in [-0.25, -0.2) is 0 Å². The van der Waals surface area contributed by atoms with Gasteiger partial charge in [-0.05, 0) is 12.8 Å². The summed E-state index contributed by atoms with van der Waals surface area (Å²) < 4.78 is -0.0243. The van der Waals surface area contributed by atoms with E-state index >= 15 is 0 Å². The van der Waals surface area contributed by atoms with Crippen LogP contribution in [0.2, 0.25) is 0 Å². The molecule has 78 valence electrons. The lowest BCUT2D eigenvalue weighted by Crippen LogP contribution is -2.34. The molecule has 0 saturated heterocycles. The number of rotatable bonds is 2. The summed E-state index contributed by atoms with van der Waals surface area (Å²) in [6.07, 6.45) is 7.04. The van der Waals surface area contributed by atoms with Crippen LogP contribution in [-0.2, 0) is 4.79 Å². The first-order valence-electron chi connectivity index (χ1n) is 4.76. The van der Waals surface area contributed by atoms with Crippen LogP contribution in [0.1, 0.15) is 32.1 Å². The molecule has 1 aliphatic rings. The zero-order chi connectivity index (χ0) is 10.4. The minimum absolute atomic E-state index is 0.0243. The van der Waals surface area contributed by atoms with Crippen molar-refractivity contribution in [2.24, 2.45) is 0 Å². The van der Waals surface area contributed by atoms with Crippen molar-refractivity contribution in [3.05, 3.63) is 16.3 Å². The topological polar surface area (TPSA) is 29.1 Å². The molecule has 0 radical (unpaired) electrons. The van der Waals surface area contributed by atoms with Crippen molar-refractivity contribution >= 4 is 29.1 Å². The Balaban J connectivity index is 2.36. The molecule has 0 atom stereocenters. The molecule has 0 spiro atoms. The molecule has 1 fully saturated rings. The summed E-state index contributed by atoms with van der Waals surface area (Å²) in [6.45, 7) is 0. The maximum Gasteiger partial charge on any atom is 0.252 e. The number of carbonyl (C=O) groups is 1. The van der Waals surface area contributed by atoms with E-state index in [4.69, 9.17) is 23.2 Å². The third kappa shape index (κ3) is 4.71. The van der Waals surface area contributed by atoms with Gasteiger partial charge in [0.25, 0.3) is 5.91 Å². The Kier molecular flexibility index (Phi) is 5.10. The average molecular weight is 234 g/mol. The lowest BCUT2D eigenvalue weighted by Gasteiger charge is -2.21. The van der Waals surface area contributed by atoms with Crippen LogP contribution in [0.4, 0.5) is 0 Å². The Bertz CT molecular complexity index is 259. The molecular formula is C10H13Cl2NO. The van der Waals surface area contributed by atoms with Gasteiger partial charge in [0, 0.05) is 12.1 Å². The van der Waals surface area contributed by atoms with Crippen LogP contribution in [0.15, 0.2) is 16.3 Å². The number of hydrogen-bond donors (Lipinski definition) is 1. The van der Waals surface area contributed by atoms with Gasteiger partial charge < -0.3 is 5.32 Å². The highest BCUT2D eigenvalue weighted by atomic mass is 35.5. The van der Waals surface area contributed by atoms with E-state index in [-0.39, 0.29) is 10.4 Å². The first-order valence-corrected chi connectivity index (χ1v) is 5.52. The molecule has 1 rings (SSSR count). The van der Waals surface area contributed by atoms with Crippen LogP contribution in [0.3, 0.4) is 0 Å². The predicted octanol–water partition coefficient (Wildman–Crippen LogP) is 2.91. The van der Waals surface area contributed by atoms with Crippen molar-refractivity contribution in [2.45, 2.75) is 38.1 Å². The zero-order valence-electron chi connectivity index (χ0n) is 7.85. The highest BCUT2D eigenvalue weighted by Gasteiger charge is 2.13. The molecule has 14 heavy (non-hydrogen) atoms. The standard InChI is InChI=1S/C10H13Cl2NO/c11-9(12)6-7-10(14)13-8-4-2-1-3-5-8/h7-8H,1-5H2,(H,13,14). The number of carbonyl (C=O) groups excluding carboxylic acids is 1. The van der Waals surface area contributed by atoms with Crippen LogP contribution in [0.5, 0.6) is 0 Å². The van der Waals surface area contributed by atoms with E-state index in [0.29, 0.717) is 6.04 Å². The maximum atomic E-state index is 11.3. The molecule has 4 heteroatoms. The van der Waals surface area contributed by atoms with Gasteiger partial charge in [0.15, 0.2) is 0 Å². The first-order chi connectivity index (χ1) is 6.68. The highest BCUT2D eigenvalue weighted by molar-refractivity contribution is 6.55. The summed E-state index contributed by atoms with van der Waals surface area (Å²) in [5.74, 6) is -0.171. The van der Waals surface area contributed by atoms with Crippen molar-refractivity contribution in [1.82, 2.24) is 5.32 Å². The van der Waals surface area contributed by atoms with Gasteiger partial charge in [-0.2, -0.15) is 0 Å². The molecule has 0 aromatic rings. The summed E-state index contributed by atoms with van der Waals surface area (Å²) in [7, 11) is 0. The molecule has 1 aliphatic carbocycles. The van der Waals surface area contributed by atoms with E-state index in [1.165, 1.54) is 25.3 Å². The summed E-state index contributed by atoms with van der Waals surface area (Å²) in [5, 5.41) is 2.89. The van der Waals surface area contributed by atoms with E-state index in [0.717, 1.165) is 12.8 Å². The van der Waals surface area contributed by atoms with Crippen LogP contribution in [0.25, 0.3) is 0 Å². The van der Waals surface area contributed by atoms with Crippen molar-refractivity contribution in [3.63, 3.8) is 0 Å². The van der Waals surface area contributed by atoms with Crippen LogP contribution in [-0.4, -0.2) is 11.9 Å². The third-order valence-corrected chi connectivity index (χ3v) is 2.48. The van der Waals surface area contributed by atoms with Gasteiger partial charge in [0.05, 0.1) is 0 Å². The second kappa shape index (κ2) is 6.13. The molecule has 1 saturated carbocycles. The SMILES string of the molecule is O=C(C=C=C(Cl)Cl)NC1CCCCC1. The van der Waals surface area contributed by atoms with Crippen LogP contribution >= 0.6 is 23.2 Å². The number of hydrogen-bond acceptors (Lipinski definition) is 1. The Hall–Kier alpha value is -0.430. The van der Waals surface area contributed by atoms with Crippen molar-refractivity contribution < 1.29 is 4.79 Å². The van der Waals surface area contributed by atoms with Crippen LogP contribution < -0.4 is 5.32 Å². The lowest BCUT2D eigenvalue weighted by atomic mass is 9.95. The third-order valence-electron chi connectivity index (χ3n) is 2.26. The lowest BCUT2D eigenvalue weighted by molar-refractivity contribution is -0.117. The first kappa shape index (κ1) is 11.6. The fourth-order valence-corrected chi connectivity index (χ4v) is 1.72. The summed E-state index contributed by atoms with van der Waals surface area (Å²) in [5.41, 5.74) is 2.45. The Morgan fingerprint density at radius 1 is 1.29 bits per heavy atom. The Morgan fingerprint density at radius 2 is 1.93 bits per heavy atom. The second-order valence-electron chi connectivity index (χ2n) is 3.39. The van der Waals surface area contributed by atoms with Gasteiger partial charge in [-0.3, -0.25) is 4.79 Å². The molecule has 0 aromatic heterocycles. The van der Waals surface area contributed by atoms with E-state index in [9.17, 15) is 4.79 Å². The van der Waals surface area contributed by atoms with E-state index in [1.807, 2.05) is 0 Å². The molecule has 0 aromatic carbocycles. The number of nitrogens with one attached hydrogen (secondary N) is 1. The van der Waals surface area contributed by atoms with Gasteiger partial charge in [0.2, 0.25) is 0 Å². The average Bonchev–Trinajstić information content (AvgIpc) is 2.16. The van der Waals surface area contributed by atoms with Crippen LogP contribution in [0, 0.1) is 0 Å². The highest BCUT2D eigenvalue weighted by Crippen LogP contribution is 2.17. The Labute approximate surface area is 94.0 Å². The fourth-order valence-electron chi connectivity index (χ4n) is 1.61. The van der Waals surface area contributed by atoms with Gasteiger partial charge in [-0.1, -0.05) is 48.2 Å². The molecule has 1 N–H and O–H groups in total. The molecule has 0 aliphatic heterocycles. The molecule has 2 nitrogen and oxygen atoms in total. The van der Waals surface area contributed by atoms with Crippen molar-refractivity contribution in [2.75, 3.05) is 0 Å². The quantitative estimate of drug-likeness (QED) is 0.577. The summed E-state index contributed by atoms with van der Waals surface area (Å²) >= 11 is 10.6. The summed E-state index contributed by atoms with van der Waals surface area (Å²) in [4.78, 5) is 11.3. The minimum Gasteiger partial charge on any atom is -0.349 e. The number of halogens is 2. The smallest absolute Gasteiger partial charge is 0.252 e. The maximum absolute atomic E-state index is 11.3. The molecular weight excluding hydrogens is 221 g/mol.